The van der Waals surface area contributed by atoms with Crippen molar-refractivity contribution in [3.8, 4) is 0 Å². The maximum atomic E-state index is 11.3. The molecule has 4 heteroatoms. The van der Waals surface area contributed by atoms with Crippen LogP contribution in [0.3, 0.4) is 0 Å². The molecule has 1 aliphatic rings. The second-order valence-electron chi connectivity index (χ2n) is 3.02. The number of ether oxygens (including phenoxy) is 1. The summed E-state index contributed by atoms with van der Waals surface area (Å²) in [7, 11) is 1.34. The molecule has 72 valence electrons. The number of carbonyl (C=O) groups is 1. The van der Waals surface area contributed by atoms with Gasteiger partial charge < -0.3 is 9.30 Å². The average molecular weight is 191 g/mol. The van der Waals surface area contributed by atoms with Crippen LogP contribution in [0, 0.1) is 0 Å². The molecule has 0 fully saturated rings. The Morgan fingerprint density at radius 1 is 1.57 bits per heavy atom. The quantitative estimate of drug-likeness (QED) is 0.610. The Bertz CT molecular complexity index is 459. The molecule has 0 aliphatic carbocycles. The average Bonchev–Trinajstić information content (AvgIpc) is 2.59. The molecule has 0 N–H and O–H groups in total. The lowest BCUT2D eigenvalue weighted by Crippen LogP contribution is -2.18. The van der Waals surface area contributed by atoms with Crippen molar-refractivity contribution in [2.45, 2.75) is 6.04 Å². The Balaban J connectivity index is 2.45. The molecular formula is C10H9NO3. The van der Waals surface area contributed by atoms with Gasteiger partial charge in [-0.3, -0.25) is 4.79 Å². The van der Waals surface area contributed by atoms with Gasteiger partial charge >= 0.3 is 5.97 Å². The Kier molecular flexibility index (Phi) is 1.96. The van der Waals surface area contributed by atoms with Gasteiger partial charge in [0.2, 0.25) is 0 Å². The summed E-state index contributed by atoms with van der Waals surface area (Å²) in [6.45, 7) is 0. The van der Waals surface area contributed by atoms with Gasteiger partial charge in [0.25, 0.3) is 0 Å². The monoisotopic (exact) mass is 191 g/mol. The van der Waals surface area contributed by atoms with Crippen molar-refractivity contribution < 1.29 is 9.53 Å². The number of carbonyl (C=O) groups excluding carboxylic acids is 1. The summed E-state index contributed by atoms with van der Waals surface area (Å²) in [4.78, 5) is 22.3. The molecule has 2 rings (SSSR count). The van der Waals surface area contributed by atoms with E-state index in [1.54, 1.807) is 22.9 Å². The molecule has 0 radical (unpaired) electrons. The third-order valence-corrected chi connectivity index (χ3v) is 2.18. The van der Waals surface area contributed by atoms with Gasteiger partial charge in [0.1, 0.15) is 6.04 Å². The first kappa shape index (κ1) is 8.74. The Labute approximate surface area is 80.4 Å². The van der Waals surface area contributed by atoms with Crippen LogP contribution in [0.1, 0.15) is 11.7 Å². The zero-order valence-electron chi connectivity index (χ0n) is 7.64. The molecule has 0 spiro atoms. The first-order valence-corrected chi connectivity index (χ1v) is 4.20. The van der Waals surface area contributed by atoms with Gasteiger partial charge in [-0.2, -0.15) is 0 Å². The van der Waals surface area contributed by atoms with Crippen LogP contribution < -0.4 is 5.43 Å². The smallest absolute Gasteiger partial charge is 0.332 e. The highest BCUT2D eigenvalue weighted by molar-refractivity contribution is 5.79. The molecule has 0 aromatic carbocycles. The number of hydrogen-bond donors (Lipinski definition) is 0. The van der Waals surface area contributed by atoms with Gasteiger partial charge in [0, 0.05) is 24.0 Å². The molecule has 1 aromatic rings. The number of rotatable bonds is 1. The molecular weight excluding hydrogens is 182 g/mol. The van der Waals surface area contributed by atoms with Gasteiger partial charge in [-0.15, -0.1) is 0 Å². The first-order chi connectivity index (χ1) is 6.72. The van der Waals surface area contributed by atoms with Crippen molar-refractivity contribution in [2.75, 3.05) is 7.11 Å². The predicted octanol–water partition coefficient (Wildman–Crippen LogP) is 0.589. The Hall–Kier alpha value is -1.84. The fourth-order valence-corrected chi connectivity index (χ4v) is 1.49. The molecule has 1 aliphatic heterocycles. The van der Waals surface area contributed by atoms with E-state index in [4.69, 9.17) is 0 Å². The van der Waals surface area contributed by atoms with E-state index in [2.05, 4.69) is 4.74 Å². The standard InChI is InChI=1S/C10H9NO3/c1-14-10(13)9-3-2-7-6-8(12)4-5-11(7)9/h2-6,9H,1H3/t9-/m0/s1. The third-order valence-electron chi connectivity index (χ3n) is 2.18. The second kappa shape index (κ2) is 3.14. The zero-order valence-corrected chi connectivity index (χ0v) is 7.64. The lowest BCUT2D eigenvalue weighted by atomic mass is 10.3. The van der Waals surface area contributed by atoms with E-state index in [1.807, 2.05) is 0 Å². The molecule has 4 nitrogen and oxygen atoms in total. The summed E-state index contributed by atoms with van der Waals surface area (Å²) in [5.41, 5.74) is 0.666. The van der Waals surface area contributed by atoms with Crippen LogP contribution in [-0.4, -0.2) is 17.6 Å². The van der Waals surface area contributed by atoms with Crippen molar-refractivity contribution in [1.82, 2.24) is 4.57 Å². The highest BCUT2D eigenvalue weighted by atomic mass is 16.5. The fourth-order valence-electron chi connectivity index (χ4n) is 1.49. The number of pyridine rings is 1. The van der Waals surface area contributed by atoms with Gasteiger partial charge in [-0.1, -0.05) is 0 Å². The molecule has 2 heterocycles. The van der Waals surface area contributed by atoms with Crippen LogP contribution in [-0.2, 0) is 9.53 Å². The molecule has 14 heavy (non-hydrogen) atoms. The van der Waals surface area contributed by atoms with Gasteiger partial charge in [-0.25, -0.2) is 4.79 Å². The van der Waals surface area contributed by atoms with Crippen molar-refractivity contribution in [3.63, 3.8) is 0 Å². The normalized spacial score (nSPS) is 17.9. The van der Waals surface area contributed by atoms with Crippen LogP contribution in [0.4, 0.5) is 0 Å². The minimum Gasteiger partial charge on any atom is -0.467 e. The maximum Gasteiger partial charge on any atom is 0.332 e. The highest BCUT2D eigenvalue weighted by Gasteiger charge is 2.22. The number of fused-ring (bicyclic) bond motifs is 1. The van der Waals surface area contributed by atoms with E-state index in [1.165, 1.54) is 19.2 Å². The minimum absolute atomic E-state index is 0.0635. The molecule has 0 amide bonds. The minimum atomic E-state index is -0.435. The lowest BCUT2D eigenvalue weighted by molar-refractivity contribution is -0.142. The molecule has 1 aromatic heterocycles. The fraction of sp³-hybridized carbons (Fsp3) is 0.200. The number of aromatic nitrogens is 1. The second-order valence-corrected chi connectivity index (χ2v) is 3.02. The number of hydrogen-bond acceptors (Lipinski definition) is 3. The Morgan fingerprint density at radius 2 is 2.36 bits per heavy atom. The predicted molar refractivity (Wildman–Crippen MR) is 50.8 cm³/mol. The largest absolute Gasteiger partial charge is 0.467 e. The van der Waals surface area contributed by atoms with Crippen LogP contribution in [0.5, 0.6) is 0 Å². The van der Waals surface area contributed by atoms with E-state index < -0.39 is 6.04 Å². The summed E-state index contributed by atoms with van der Waals surface area (Å²) in [6.07, 6.45) is 5.04. The number of nitrogens with zero attached hydrogens (tertiary/aromatic N) is 1. The first-order valence-electron chi connectivity index (χ1n) is 4.20. The summed E-state index contributed by atoms with van der Waals surface area (Å²) >= 11 is 0. The maximum absolute atomic E-state index is 11.3. The molecule has 0 saturated carbocycles. The highest BCUT2D eigenvalue weighted by Crippen LogP contribution is 2.21. The zero-order chi connectivity index (χ0) is 10.1. The van der Waals surface area contributed by atoms with Crippen LogP contribution in [0.25, 0.3) is 6.08 Å². The van der Waals surface area contributed by atoms with E-state index >= 15 is 0 Å². The molecule has 0 bridgehead atoms. The number of esters is 1. The summed E-state index contributed by atoms with van der Waals surface area (Å²) in [5.74, 6) is -0.330. The summed E-state index contributed by atoms with van der Waals surface area (Å²) < 4.78 is 6.33. The van der Waals surface area contributed by atoms with Gasteiger partial charge in [0.05, 0.1) is 7.11 Å². The van der Waals surface area contributed by atoms with E-state index in [-0.39, 0.29) is 11.4 Å². The van der Waals surface area contributed by atoms with Gasteiger partial charge in [-0.05, 0) is 12.2 Å². The van der Waals surface area contributed by atoms with Crippen LogP contribution >= 0.6 is 0 Å². The molecule has 1 atom stereocenters. The SMILES string of the molecule is COC(=O)[C@@H]1C=Cc2cc(=O)ccn21. The summed E-state index contributed by atoms with van der Waals surface area (Å²) in [6, 6.07) is 2.47. The topological polar surface area (TPSA) is 48.3 Å². The van der Waals surface area contributed by atoms with E-state index in [9.17, 15) is 9.59 Å². The lowest BCUT2D eigenvalue weighted by Gasteiger charge is -2.11. The number of methoxy groups -OCH3 is 1. The molecule has 0 saturated heterocycles. The molecule has 0 unspecified atom stereocenters. The Morgan fingerprint density at radius 3 is 3.07 bits per heavy atom. The van der Waals surface area contributed by atoms with E-state index in [0.29, 0.717) is 0 Å². The van der Waals surface area contributed by atoms with Crippen molar-refractivity contribution in [1.29, 1.82) is 0 Å². The van der Waals surface area contributed by atoms with Crippen LogP contribution in [0.15, 0.2) is 29.2 Å². The van der Waals surface area contributed by atoms with Crippen molar-refractivity contribution in [3.05, 3.63) is 40.3 Å². The van der Waals surface area contributed by atoms with Crippen LogP contribution in [0.2, 0.25) is 0 Å². The summed E-state index contributed by atoms with van der Waals surface area (Å²) in [5, 5.41) is 0. The van der Waals surface area contributed by atoms with Gasteiger partial charge in [0.15, 0.2) is 5.43 Å². The third kappa shape index (κ3) is 1.25. The van der Waals surface area contributed by atoms with E-state index in [0.717, 1.165) is 5.69 Å². The van der Waals surface area contributed by atoms with Crippen molar-refractivity contribution in [2.24, 2.45) is 0 Å². The van der Waals surface area contributed by atoms with Crippen molar-refractivity contribution >= 4 is 12.0 Å².